The first kappa shape index (κ1) is 14.4. The Morgan fingerprint density at radius 1 is 1.32 bits per heavy atom. The summed E-state index contributed by atoms with van der Waals surface area (Å²) < 4.78 is 2.10. The Labute approximate surface area is 134 Å². The van der Waals surface area contributed by atoms with E-state index in [9.17, 15) is 0 Å². The van der Waals surface area contributed by atoms with E-state index < -0.39 is 0 Å². The molecule has 0 atom stereocenters. The molecule has 22 heavy (non-hydrogen) atoms. The van der Waals surface area contributed by atoms with Crippen LogP contribution in [-0.4, -0.2) is 16.1 Å². The van der Waals surface area contributed by atoms with E-state index >= 15 is 0 Å². The van der Waals surface area contributed by atoms with Gasteiger partial charge in [0.05, 0.1) is 11.9 Å². The first-order valence-electron chi connectivity index (χ1n) is 7.01. The number of aromatic nitrogens is 2. The Morgan fingerprint density at radius 3 is 2.91 bits per heavy atom. The van der Waals surface area contributed by atoms with Crippen LogP contribution in [0.4, 0.5) is 5.69 Å². The van der Waals surface area contributed by atoms with Crippen molar-refractivity contribution in [1.82, 2.24) is 9.55 Å². The number of nitrogens with one attached hydrogen (secondary N) is 1. The quantitative estimate of drug-likeness (QED) is 0.798. The number of pyridine rings is 1. The first-order valence-corrected chi connectivity index (χ1v) is 7.38. The summed E-state index contributed by atoms with van der Waals surface area (Å²) in [6.45, 7) is 0.801. The summed E-state index contributed by atoms with van der Waals surface area (Å²) in [6, 6.07) is 11.6. The number of benzene rings is 1. The summed E-state index contributed by atoms with van der Waals surface area (Å²) in [5.74, 6) is 0. The van der Waals surface area contributed by atoms with Crippen molar-refractivity contribution in [3.63, 3.8) is 0 Å². The Kier molecular flexibility index (Phi) is 3.99. The second-order valence-corrected chi connectivity index (χ2v) is 5.58. The van der Waals surface area contributed by atoms with Gasteiger partial charge in [-0.2, -0.15) is 5.26 Å². The first-order chi connectivity index (χ1) is 10.7. The van der Waals surface area contributed by atoms with Crippen LogP contribution in [0, 0.1) is 11.3 Å². The molecule has 0 spiro atoms. The van der Waals surface area contributed by atoms with Crippen molar-refractivity contribution in [2.45, 2.75) is 6.42 Å². The highest BCUT2D eigenvalue weighted by Crippen LogP contribution is 2.24. The lowest BCUT2D eigenvalue weighted by molar-refractivity contribution is 0.943. The van der Waals surface area contributed by atoms with Gasteiger partial charge in [0, 0.05) is 35.7 Å². The number of nitrogens with zero attached hydrogens (tertiary/aromatic N) is 3. The number of rotatable bonds is 4. The molecule has 1 N–H and O–H groups in total. The molecule has 2 heterocycles. The number of aryl methyl sites for hydroxylation is 1. The van der Waals surface area contributed by atoms with E-state index in [0.29, 0.717) is 5.69 Å². The Hall–Kier alpha value is -2.51. The van der Waals surface area contributed by atoms with Crippen molar-refractivity contribution in [2.24, 2.45) is 7.05 Å². The van der Waals surface area contributed by atoms with E-state index in [2.05, 4.69) is 27.1 Å². The van der Waals surface area contributed by atoms with Gasteiger partial charge in [-0.25, -0.2) is 4.98 Å². The Balaban J connectivity index is 1.70. The molecule has 0 aliphatic rings. The number of fused-ring (bicyclic) bond motifs is 1. The molecule has 0 saturated carbocycles. The highest BCUT2D eigenvalue weighted by molar-refractivity contribution is 6.31. The lowest BCUT2D eigenvalue weighted by atomic mass is 10.1. The zero-order valence-corrected chi connectivity index (χ0v) is 12.9. The van der Waals surface area contributed by atoms with Gasteiger partial charge in [0.1, 0.15) is 11.8 Å². The second kappa shape index (κ2) is 6.08. The van der Waals surface area contributed by atoms with Crippen LogP contribution in [0.25, 0.3) is 10.9 Å². The third-order valence-corrected chi connectivity index (χ3v) is 3.87. The van der Waals surface area contributed by atoms with E-state index in [0.717, 1.165) is 29.2 Å². The molecule has 3 aromatic rings. The molecule has 0 aliphatic heterocycles. The Morgan fingerprint density at radius 2 is 2.18 bits per heavy atom. The standard InChI is InChI=1S/C17H15ClN4/c1-22-11-12(16-5-2-13(18)8-17(16)22)6-7-20-15-4-3-14(9-19)21-10-15/h2-5,8,10-11,20H,6-7H2,1H3. The molecule has 0 aliphatic carbocycles. The van der Waals surface area contributed by atoms with E-state index in [1.165, 1.54) is 10.9 Å². The van der Waals surface area contributed by atoms with Crippen LogP contribution in [0.3, 0.4) is 0 Å². The molecule has 0 bridgehead atoms. The van der Waals surface area contributed by atoms with Gasteiger partial charge in [0.2, 0.25) is 0 Å². The average Bonchev–Trinajstić information content (AvgIpc) is 2.84. The molecule has 0 fully saturated rings. The number of hydrogen-bond acceptors (Lipinski definition) is 3. The van der Waals surface area contributed by atoms with Gasteiger partial charge >= 0.3 is 0 Å². The minimum Gasteiger partial charge on any atom is -0.383 e. The highest BCUT2D eigenvalue weighted by Gasteiger charge is 2.06. The van der Waals surface area contributed by atoms with Crippen molar-refractivity contribution in [2.75, 3.05) is 11.9 Å². The SMILES string of the molecule is Cn1cc(CCNc2ccc(C#N)nc2)c2ccc(Cl)cc21. The van der Waals surface area contributed by atoms with Gasteiger partial charge in [0.15, 0.2) is 0 Å². The molecule has 0 radical (unpaired) electrons. The van der Waals surface area contributed by atoms with Crippen LogP contribution >= 0.6 is 11.6 Å². The van der Waals surface area contributed by atoms with Gasteiger partial charge in [-0.15, -0.1) is 0 Å². The summed E-state index contributed by atoms with van der Waals surface area (Å²) in [5.41, 5.74) is 3.77. The largest absolute Gasteiger partial charge is 0.383 e. The Bertz CT molecular complexity index is 843. The van der Waals surface area contributed by atoms with Crippen molar-refractivity contribution in [1.29, 1.82) is 5.26 Å². The monoisotopic (exact) mass is 310 g/mol. The number of nitriles is 1. The number of halogens is 1. The summed E-state index contributed by atoms with van der Waals surface area (Å²) in [6.07, 6.45) is 4.72. The van der Waals surface area contributed by atoms with Crippen LogP contribution < -0.4 is 5.32 Å². The number of anilines is 1. The zero-order chi connectivity index (χ0) is 15.5. The van der Waals surface area contributed by atoms with Crippen LogP contribution in [0.15, 0.2) is 42.7 Å². The normalized spacial score (nSPS) is 10.6. The van der Waals surface area contributed by atoms with E-state index in [1.54, 1.807) is 12.3 Å². The van der Waals surface area contributed by atoms with E-state index in [4.69, 9.17) is 16.9 Å². The van der Waals surface area contributed by atoms with E-state index in [1.807, 2.05) is 31.3 Å². The smallest absolute Gasteiger partial charge is 0.140 e. The fourth-order valence-electron chi connectivity index (χ4n) is 2.55. The summed E-state index contributed by atoms with van der Waals surface area (Å²) in [4.78, 5) is 4.04. The fraction of sp³-hybridized carbons (Fsp3) is 0.176. The molecule has 2 aromatic heterocycles. The van der Waals surface area contributed by atoms with E-state index in [-0.39, 0.29) is 0 Å². The molecule has 1 aromatic carbocycles. The third kappa shape index (κ3) is 2.90. The molecular weight excluding hydrogens is 296 g/mol. The van der Waals surface area contributed by atoms with Crippen molar-refractivity contribution in [3.8, 4) is 6.07 Å². The molecule has 0 unspecified atom stereocenters. The van der Waals surface area contributed by atoms with Gasteiger partial charge in [-0.05, 0) is 36.2 Å². The van der Waals surface area contributed by atoms with Crippen molar-refractivity contribution in [3.05, 3.63) is 59.0 Å². The predicted molar refractivity (Wildman–Crippen MR) is 89.1 cm³/mol. The van der Waals surface area contributed by atoms with Gasteiger partial charge in [-0.1, -0.05) is 17.7 Å². The van der Waals surface area contributed by atoms with Gasteiger partial charge < -0.3 is 9.88 Å². The van der Waals surface area contributed by atoms with Crippen LogP contribution in [0.5, 0.6) is 0 Å². The predicted octanol–water partition coefficient (Wildman–Crippen LogP) is 3.75. The highest BCUT2D eigenvalue weighted by atomic mass is 35.5. The minimum absolute atomic E-state index is 0.427. The molecule has 0 saturated heterocycles. The average molecular weight is 311 g/mol. The fourth-order valence-corrected chi connectivity index (χ4v) is 2.71. The molecule has 4 nitrogen and oxygen atoms in total. The molecule has 3 rings (SSSR count). The maximum Gasteiger partial charge on any atom is 0.140 e. The lowest BCUT2D eigenvalue weighted by Crippen LogP contribution is -2.05. The summed E-state index contributed by atoms with van der Waals surface area (Å²) in [5, 5.41) is 14.0. The number of hydrogen-bond donors (Lipinski definition) is 1. The third-order valence-electron chi connectivity index (χ3n) is 3.64. The van der Waals surface area contributed by atoms with Crippen molar-refractivity contribution < 1.29 is 0 Å². The molecular formula is C17H15ClN4. The lowest BCUT2D eigenvalue weighted by Gasteiger charge is -2.05. The van der Waals surface area contributed by atoms with Crippen LogP contribution in [0.2, 0.25) is 5.02 Å². The molecule has 0 amide bonds. The van der Waals surface area contributed by atoms with Crippen LogP contribution in [-0.2, 0) is 13.5 Å². The maximum atomic E-state index is 8.73. The second-order valence-electron chi connectivity index (χ2n) is 5.15. The minimum atomic E-state index is 0.427. The summed E-state index contributed by atoms with van der Waals surface area (Å²) in [7, 11) is 2.03. The molecule has 110 valence electrons. The maximum absolute atomic E-state index is 8.73. The van der Waals surface area contributed by atoms with Crippen molar-refractivity contribution >= 4 is 28.2 Å². The molecule has 5 heteroatoms. The van der Waals surface area contributed by atoms with Gasteiger partial charge in [0.25, 0.3) is 0 Å². The zero-order valence-electron chi connectivity index (χ0n) is 12.2. The van der Waals surface area contributed by atoms with Crippen LogP contribution in [0.1, 0.15) is 11.3 Å². The topological polar surface area (TPSA) is 53.6 Å². The van der Waals surface area contributed by atoms with Gasteiger partial charge in [-0.3, -0.25) is 0 Å². The summed E-state index contributed by atoms with van der Waals surface area (Å²) >= 11 is 6.05.